The van der Waals surface area contributed by atoms with Gasteiger partial charge in [-0.05, 0) is 31.1 Å². The van der Waals surface area contributed by atoms with Gasteiger partial charge in [0.15, 0.2) is 6.10 Å². The first-order chi connectivity index (χ1) is 31.2. The third-order valence-corrected chi connectivity index (χ3v) is 13.2. The van der Waals surface area contributed by atoms with Crippen LogP contribution in [-0.2, 0) is 28.6 Å². The van der Waals surface area contributed by atoms with Crippen LogP contribution in [0, 0.1) is 11.8 Å². The Hall–Kier alpha value is -1.59. The molecule has 0 bridgehead atoms. The zero-order valence-corrected chi connectivity index (χ0v) is 43.9. The fourth-order valence-electron chi connectivity index (χ4n) is 8.87. The van der Waals surface area contributed by atoms with Crippen molar-refractivity contribution >= 4 is 17.9 Å². The van der Waals surface area contributed by atoms with Gasteiger partial charge in [0.1, 0.15) is 13.2 Å². The van der Waals surface area contributed by atoms with E-state index in [1.54, 1.807) is 0 Å². The maximum atomic E-state index is 12.8. The molecule has 0 aliphatic rings. The minimum absolute atomic E-state index is 0.0627. The highest BCUT2D eigenvalue weighted by Gasteiger charge is 2.19. The van der Waals surface area contributed by atoms with E-state index in [4.69, 9.17) is 14.2 Å². The molecule has 0 unspecified atom stereocenters. The first-order valence-corrected chi connectivity index (χ1v) is 28.7. The van der Waals surface area contributed by atoms with Gasteiger partial charge in [-0.25, -0.2) is 0 Å². The molecule has 1 atom stereocenters. The molecule has 6 heteroatoms. The van der Waals surface area contributed by atoms with Crippen molar-refractivity contribution in [3.05, 3.63) is 0 Å². The van der Waals surface area contributed by atoms with Gasteiger partial charge < -0.3 is 14.2 Å². The third kappa shape index (κ3) is 51.4. The van der Waals surface area contributed by atoms with E-state index in [2.05, 4.69) is 34.6 Å². The van der Waals surface area contributed by atoms with Crippen molar-refractivity contribution in [3.63, 3.8) is 0 Å². The lowest BCUT2D eigenvalue weighted by Crippen LogP contribution is -2.30. The molecular weight excluding hydrogens is 793 g/mol. The highest BCUT2D eigenvalue weighted by atomic mass is 16.6. The second-order valence-electron chi connectivity index (χ2n) is 20.9. The van der Waals surface area contributed by atoms with Crippen molar-refractivity contribution in [2.45, 2.75) is 330 Å². The molecule has 0 saturated heterocycles. The van der Waals surface area contributed by atoms with Gasteiger partial charge >= 0.3 is 17.9 Å². The van der Waals surface area contributed by atoms with Crippen molar-refractivity contribution in [3.8, 4) is 0 Å². The molecule has 0 saturated carbocycles. The van der Waals surface area contributed by atoms with E-state index in [9.17, 15) is 14.4 Å². The summed E-state index contributed by atoms with van der Waals surface area (Å²) in [6.45, 7) is 11.4. The van der Waals surface area contributed by atoms with Crippen LogP contribution in [0.3, 0.4) is 0 Å². The van der Waals surface area contributed by atoms with Crippen molar-refractivity contribution in [1.29, 1.82) is 0 Å². The maximum Gasteiger partial charge on any atom is 0.306 e. The molecule has 0 aliphatic heterocycles. The lowest BCUT2D eigenvalue weighted by atomic mass is 10.0. The van der Waals surface area contributed by atoms with Crippen LogP contribution in [-0.4, -0.2) is 37.2 Å². The Balaban J connectivity index is 4.31. The van der Waals surface area contributed by atoms with Crippen LogP contribution >= 0.6 is 0 Å². The van der Waals surface area contributed by atoms with Gasteiger partial charge in [-0.2, -0.15) is 0 Å². The van der Waals surface area contributed by atoms with Gasteiger partial charge in [-0.1, -0.05) is 285 Å². The smallest absolute Gasteiger partial charge is 0.306 e. The van der Waals surface area contributed by atoms with E-state index in [0.29, 0.717) is 19.3 Å². The molecule has 0 aliphatic carbocycles. The zero-order valence-electron chi connectivity index (χ0n) is 43.9. The summed E-state index contributed by atoms with van der Waals surface area (Å²) in [4.78, 5) is 38.1. The average molecular weight is 906 g/mol. The van der Waals surface area contributed by atoms with Crippen LogP contribution in [0.5, 0.6) is 0 Å². The molecule has 0 N–H and O–H groups in total. The summed E-state index contributed by atoms with van der Waals surface area (Å²) in [6, 6.07) is 0. The van der Waals surface area contributed by atoms with Gasteiger partial charge in [0.2, 0.25) is 0 Å². The second kappa shape index (κ2) is 50.8. The molecule has 0 aromatic rings. The molecule has 0 aromatic carbocycles. The normalized spacial score (nSPS) is 12.0. The number of rotatable bonds is 52. The van der Waals surface area contributed by atoms with Crippen molar-refractivity contribution in [2.75, 3.05) is 13.2 Å². The van der Waals surface area contributed by atoms with Crippen LogP contribution in [0.25, 0.3) is 0 Å². The Morgan fingerprint density at radius 1 is 0.297 bits per heavy atom. The lowest BCUT2D eigenvalue weighted by Gasteiger charge is -2.18. The number of hydrogen-bond acceptors (Lipinski definition) is 6. The standard InChI is InChI=1S/C58H112O6/c1-6-7-8-9-10-11-12-13-14-15-16-23-28-33-38-43-48-56(59)62-51-55(64-58(61)50-45-40-35-30-25-20-18-22-27-32-37-42-47-54(4)5)52-63-57(60)49-44-39-34-29-24-19-17-21-26-31-36-41-46-53(2)3/h53-55H,6-52H2,1-5H3/t55-/m0/s1. The van der Waals surface area contributed by atoms with E-state index in [1.807, 2.05) is 0 Å². The molecule has 380 valence electrons. The molecule has 0 aromatic heterocycles. The predicted octanol–water partition coefficient (Wildman–Crippen LogP) is 18.9. The average Bonchev–Trinajstić information content (AvgIpc) is 3.27. The van der Waals surface area contributed by atoms with E-state index in [1.165, 1.54) is 212 Å². The van der Waals surface area contributed by atoms with E-state index in [-0.39, 0.29) is 31.1 Å². The van der Waals surface area contributed by atoms with Crippen LogP contribution in [0.15, 0.2) is 0 Å². The van der Waals surface area contributed by atoms with E-state index in [0.717, 1.165) is 69.6 Å². The van der Waals surface area contributed by atoms with Crippen LogP contribution in [0.2, 0.25) is 0 Å². The number of carbonyl (C=O) groups is 3. The molecule has 6 nitrogen and oxygen atoms in total. The van der Waals surface area contributed by atoms with E-state index < -0.39 is 6.10 Å². The summed E-state index contributed by atoms with van der Waals surface area (Å²) >= 11 is 0. The van der Waals surface area contributed by atoms with Crippen molar-refractivity contribution in [2.24, 2.45) is 11.8 Å². The predicted molar refractivity (Wildman–Crippen MR) is 275 cm³/mol. The second-order valence-corrected chi connectivity index (χ2v) is 20.9. The first-order valence-electron chi connectivity index (χ1n) is 28.7. The minimum atomic E-state index is -0.763. The molecule has 0 fully saturated rings. The molecule has 0 rings (SSSR count). The summed E-state index contributed by atoms with van der Waals surface area (Å²) in [6.07, 6.45) is 53.7. The Morgan fingerprint density at radius 2 is 0.516 bits per heavy atom. The summed E-state index contributed by atoms with van der Waals surface area (Å²) in [5, 5.41) is 0. The number of unbranched alkanes of at least 4 members (excludes halogenated alkanes) is 37. The van der Waals surface area contributed by atoms with Gasteiger partial charge in [0.25, 0.3) is 0 Å². The van der Waals surface area contributed by atoms with Crippen LogP contribution < -0.4 is 0 Å². The van der Waals surface area contributed by atoms with Crippen molar-refractivity contribution < 1.29 is 28.6 Å². The molecule has 0 amide bonds. The molecular formula is C58H112O6. The first kappa shape index (κ1) is 62.4. The summed E-state index contributed by atoms with van der Waals surface area (Å²) < 4.78 is 16.9. The maximum absolute atomic E-state index is 12.8. The summed E-state index contributed by atoms with van der Waals surface area (Å²) in [5.74, 6) is 0.826. The summed E-state index contributed by atoms with van der Waals surface area (Å²) in [7, 11) is 0. The highest BCUT2D eigenvalue weighted by Crippen LogP contribution is 2.18. The van der Waals surface area contributed by atoms with Gasteiger partial charge in [-0.15, -0.1) is 0 Å². The fourth-order valence-corrected chi connectivity index (χ4v) is 8.87. The summed E-state index contributed by atoms with van der Waals surface area (Å²) in [5.41, 5.74) is 0. The Kier molecular flexibility index (Phi) is 49.6. The number of ether oxygens (including phenoxy) is 3. The zero-order chi connectivity index (χ0) is 46.8. The van der Waals surface area contributed by atoms with Crippen LogP contribution in [0.4, 0.5) is 0 Å². The van der Waals surface area contributed by atoms with Gasteiger partial charge in [-0.3, -0.25) is 14.4 Å². The molecule has 0 spiro atoms. The number of carbonyl (C=O) groups excluding carboxylic acids is 3. The molecule has 64 heavy (non-hydrogen) atoms. The topological polar surface area (TPSA) is 78.9 Å². The highest BCUT2D eigenvalue weighted by molar-refractivity contribution is 5.71. The Morgan fingerprint density at radius 3 is 0.766 bits per heavy atom. The fraction of sp³-hybridized carbons (Fsp3) is 0.948. The largest absolute Gasteiger partial charge is 0.462 e. The van der Waals surface area contributed by atoms with Crippen molar-refractivity contribution in [1.82, 2.24) is 0 Å². The SMILES string of the molecule is CCCCCCCCCCCCCCCCCCC(=O)OC[C@@H](COC(=O)CCCCCCCCCCCCCCC(C)C)OC(=O)CCCCCCCCCCCCCCC(C)C. The van der Waals surface area contributed by atoms with Gasteiger partial charge in [0, 0.05) is 19.3 Å². The van der Waals surface area contributed by atoms with E-state index >= 15 is 0 Å². The Labute approximate surface area is 399 Å². The number of hydrogen-bond donors (Lipinski definition) is 0. The lowest BCUT2D eigenvalue weighted by molar-refractivity contribution is -0.167. The minimum Gasteiger partial charge on any atom is -0.462 e. The van der Waals surface area contributed by atoms with Gasteiger partial charge in [0.05, 0.1) is 0 Å². The Bertz CT molecular complexity index is 978. The number of esters is 3. The third-order valence-electron chi connectivity index (χ3n) is 13.2. The molecule has 0 radical (unpaired) electrons. The van der Waals surface area contributed by atoms with Crippen LogP contribution in [0.1, 0.15) is 324 Å². The molecule has 0 heterocycles. The monoisotopic (exact) mass is 905 g/mol. The quantitative estimate of drug-likeness (QED) is 0.0344.